The van der Waals surface area contributed by atoms with Crippen LogP contribution in [0.2, 0.25) is 5.02 Å². The van der Waals surface area contributed by atoms with Crippen LogP contribution in [0.1, 0.15) is 5.69 Å². The van der Waals surface area contributed by atoms with Gasteiger partial charge >= 0.3 is 0 Å². The average molecular weight is 201 g/mol. The number of imidazole rings is 1. The molecule has 68 valence electrons. The molecular formula is C8H8ClFN3+. The standard InChI is InChI=1S/C8H7ClFN3/c9-5-1-2-13-4-12-6(3-11)8(13)7(5)10/h1-2,4H,3,11H2/p+1. The summed E-state index contributed by atoms with van der Waals surface area (Å²) in [5, 5.41) is 0.114. The van der Waals surface area contributed by atoms with Crippen LogP contribution in [0.15, 0.2) is 18.6 Å². The van der Waals surface area contributed by atoms with Crippen molar-refractivity contribution in [1.29, 1.82) is 0 Å². The number of rotatable bonds is 1. The molecule has 13 heavy (non-hydrogen) atoms. The molecule has 0 unspecified atom stereocenters. The summed E-state index contributed by atoms with van der Waals surface area (Å²) in [5.41, 5.74) is 4.71. The van der Waals surface area contributed by atoms with Gasteiger partial charge in [0, 0.05) is 6.20 Å². The molecular weight excluding hydrogens is 193 g/mol. The zero-order chi connectivity index (χ0) is 9.42. The van der Waals surface area contributed by atoms with Gasteiger partial charge in [-0.1, -0.05) is 11.6 Å². The maximum absolute atomic E-state index is 13.5. The average Bonchev–Trinajstić information content (AvgIpc) is 2.55. The fraction of sp³-hybridized carbons (Fsp3) is 0.125. The van der Waals surface area contributed by atoms with Crippen LogP contribution in [0.5, 0.6) is 0 Å². The van der Waals surface area contributed by atoms with Gasteiger partial charge in [0.15, 0.2) is 5.82 Å². The number of nitrogens with zero attached hydrogens (tertiary/aromatic N) is 2. The maximum Gasteiger partial charge on any atom is 0.167 e. The molecule has 0 aromatic carbocycles. The Hall–Kier alpha value is -1.13. The topological polar surface area (TPSA) is 44.9 Å². The van der Waals surface area contributed by atoms with Gasteiger partial charge in [-0.3, -0.25) is 0 Å². The van der Waals surface area contributed by atoms with Gasteiger partial charge in [0.05, 0.1) is 11.3 Å². The molecule has 0 spiro atoms. The number of quaternary nitrogens is 1. The molecule has 2 aromatic rings. The minimum atomic E-state index is -0.430. The maximum atomic E-state index is 13.5. The third kappa shape index (κ3) is 1.18. The number of aromatic nitrogens is 2. The largest absolute Gasteiger partial charge is 0.352 e. The summed E-state index contributed by atoms with van der Waals surface area (Å²) in [4.78, 5) is 4.02. The minimum Gasteiger partial charge on any atom is -0.352 e. The minimum absolute atomic E-state index is 0.114. The summed E-state index contributed by atoms with van der Waals surface area (Å²) in [6.45, 7) is 0.452. The second kappa shape index (κ2) is 2.97. The van der Waals surface area contributed by atoms with E-state index in [4.69, 9.17) is 11.6 Å². The van der Waals surface area contributed by atoms with Crippen molar-refractivity contribution in [3.8, 4) is 0 Å². The van der Waals surface area contributed by atoms with Crippen LogP contribution in [-0.2, 0) is 6.54 Å². The molecule has 0 aliphatic rings. The molecule has 0 atom stereocenters. The molecule has 2 aromatic heterocycles. The SMILES string of the molecule is [NH3+]Cc1ncn2ccc(Cl)c(F)c12. The number of hydrogen-bond donors (Lipinski definition) is 1. The Bertz CT molecular complexity index is 452. The van der Waals surface area contributed by atoms with Crippen LogP contribution in [0.3, 0.4) is 0 Å². The first kappa shape index (κ1) is 8.47. The van der Waals surface area contributed by atoms with Crippen LogP contribution < -0.4 is 5.73 Å². The fourth-order valence-electron chi connectivity index (χ4n) is 1.27. The van der Waals surface area contributed by atoms with Crippen LogP contribution >= 0.6 is 11.6 Å². The van der Waals surface area contributed by atoms with Gasteiger partial charge in [0.1, 0.15) is 17.8 Å². The molecule has 0 bridgehead atoms. The number of fused-ring (bicyclic) bond motifs is 1. The quantitative estimate of drug-likeness (QED) is 0.730. The molecule has 0 radical (unpaired) electrons. The van der Waals surface area contributed by atoms with E-state index < -0.39 is 5.82 Å². The molecule has 0 amide bonds. The second-order valence-corrected chi connectivity index (χ2v) is 3.08. The Labute approximate surface area is 78.9 Å². The van der Waals surface area contributed by atoms with Crippen molar-refractivity contribution >= 4 is 17.1 Å². The molecule has 0 saturated heterocycles. The summed E-state index contributed by atoms with van der Waals surface area (Å²) < 4.78 is 15.1. The highest BCUT2D eigenvalue weighted by atomic mass is 35.5. The number of halogens is 2. The van der Waals surface area contributed by atoms with Crippen molar-refractivity contribution in [2.24, 2.45) is 0 Å². The van der Waals surface area contributed by atoms with Gasteiger partial charge in [-0.2, -0.15) is 0 Å². The van der Waals surface area contributed by atoms with E-state index in [0.29, 0.717) is 17.8 Å². The summed E-state index contributed by atoms with van der Waals surface area (Å²) in [6, 6.07) is 1.50. The Balaban J connectivity index is 2.85. The third-order valence-corrected chi connectivity index (χ3v) is 2.20. The molecule has 0 fully saturated rings. The lowest BCUT2D eigenvalue weighted by Crippen LogP contribution is -2.47. The van der Waals surface area contributed by atoms with Crippen molar-refractivity contribution < 1.29 is 10.1 Å². The van der Waals surface area contributed by atoms with Gasteiger partial charge in [0.2, 0.25) is 0 Å². The highest BCUT2D eigenvalue weighted by Crippen LogP contribution is 2.20. The van der Waals surface area contributed by atoms with Crippen LogP contribution in [-0.4, -0.2) is 9.38 Å². The highest BCUT2D eigenvalue weighted by molar-refractivity contribution is 6.31. The normalized spacial score (nSPS) is 11.0. The molecule has 0 saturated carbocycles. The second-order valence-electron chi connectivity index (χ2n) is 2.67. The molecule has 2 rings (SSSR count). The first-order valence-electron chi connectivity index (χ1n) is 3.83. The van der Waals surface area contributed by atoms with Crippen LogP contribution in [0.25, 0.3) is 5.52 Å². The van der Waals surface area contributed by atoms with E-state index in [1.165, 1.54) is 6.07 Å². The summed E-state index contributed by atoms with van der Waals surface area (Å²) in [5.74, 6) is -0.430. The van der Waals surface area contributed by atoms with E-state index >= 15 is 0 Å². The molecule has 0 aliphatic heterocycles. The van der Waals surface area contributed by atoms with Crippen molar-refractivity contribution in [3.05, 3.63) is 35.1 Å². The van der Waals surface area contributed by atoms with E-state index in [0.717, 1.165) is 0 Å². The zero-order valence-corrected chi connectivity index (χ0v) is 7.55. The first-order chi connectivity index (χ1) is 6.24. The molecule has 2 heterocycles. The van der Waals surface area contributed by atoms with E-state index in [1.807, 2.05) is 0 Å². The van der Waals surface area contributed by atoms with E-state index in [1.54, 1.807) is 16.9 Å². The molecule has 0 aliphatic carbocycles. The van der Waals surface area contributed by atoms with E-state index in [2.05, 4.69) is 10.7 Å². The summed E-state index contributed by atoms with van der Waals surface area (Å²) >= 11 is 5.64. The Morgan fingerprint density at radius 2 is 2.38 bits per heavy atom. The van der Waals surface area contributed by atoms with Gasteiger partial charge < -0.3 is 10.1 Å². The third-order valence-electron chi connectivity index (χ3n) is 1.91. The Morgan fingerprint density at radius 1 is 1.62 bits per heavy atom. The smallest absolute Gasteiger partial charge is 0.167 e. The summed E-state index contributed by atoms with van der Waals surface area (Å²) in [7, 11) is 0. The van der Waals surface area contributed by atoms with Crippen LogP contribution in [0.4, 0.5) is 4.39 Å². The van der Waals surface area contributed by atoms with Gasteiger partial charge in [-0.25, -0.2) is 9.37 Å². The Kier molecular flexibility index (Phi) is 1.94. The van der Waals surface area contributed by atoms with Gasteiger partial charge in [-0.15, -0.1) is 0 Å². The monoisotopic (exact) mass is 200 g/mol. The highest BCUT2D eigenvalue weighted by Gasteiger charge is 2.11. The molecule has 3 nitrogen and oxygen atoms in total. The Morgan fingerprint density at radius 3 is 3.08 bits per heavy atom. The predicted molar refractivity (Wildman–Crippen MR) is 46.8 cm³/mol. The van der Waals surface area contributed by atoms with Crippen molar-refractivity contribution in [3.63, 3.8) is 0 Å². The fourth-order valence-corrected chi connectivity index (χ4v) is 1.41. The lowest BCUT2D eigenvalue weighted by Gasteiger charge is -1.98. The van der Waals surface area contributed by atoms with Gasteiger partial charge in [-0.05, 0) is 6.07 Å². The van der Waals surface area contributed by atoms with E-state index in [9.17, 15) is 4.39 Å². The first-order valence-corrected chi connectivity index (χ1v) is 4.20. The predicted octanol–water partition coefficient (Wildman–Crippen LogP) is 0.869. The van der Waals surface area contributed by atoms with Crippen LogP contribution in [0, 0.1) is 5.82 Å². The lowest BCUT2D eigenvalue weighted by molar-refractivity contribution is -0.387. The van der Waals surface area contributed by atoms with E-state index in [-0.39, 0.29) is 5.02 Å². The molecule has 3 N–H and O–H groups in total. The zero-order valence-electron chi connectivity index (χ0n) is 6.80. The number of hydrogen-bond acceptors (Lipinski definition) is 1. The summed E-state index contributed by atoms with van der Waals surface area (Å²) in [6.07, 6.45) is 3.22. The van der Waals surface area contributed by atoms with Crippen molar-refractivity contribution in [2.75, 3.05) is 0 Å². The van der Waals surface area contributed by atoms with Crippen molar-refractivity contribution in [2.45, 2.75) is 6.54 Å². The van der Waals surface area contributed by atoms with Crippen molar-refractivity contribution in [1.82, 2.24) is 9.38 Å². The number of pyridine rings is 1. The van der Waals surface area contributed by atoms with Gasteiger partial charge in [0.25, 0.3) is 0 Å². The molecule has 5 heteroatoms. The lowest BCUT2D eigenvalue weighted by atomic mass is 10.3.